The summed E-state index contributed by atoms with van der Waals surface area (Å²) in [7, 11) is -3.79. The number of aliphatic hydroxyl groups excluding tert-OH is 1. The van der Waals surface area contributed by atoms with Gasteiger partial charge in [0.1, 0.15) is 18.0 Å². The minimum Gasteiger partial charge on any atom is -0.396 e. The summed E-state index contributed by atoms with van der Waals surface area (Å²) in [6.45, 7) is 1.14. The van der Waals surface area contributed by atoms with E-state index in [-0.39, 0.29) is 37.9 Å². The van der Waals surface area contributed by atoms with Crippen LogP contribution < -0.4 is 20.1 Å². The van der Waals surface area contributed by atoms with Gasteiger partial charge < -0.3 is 15.3 Å². The molecule has 0 unspecified atom stereocenters. The van der Waals surface area contributed by atoms with Crippen LogP contribution >= 0.6 is 12.4 Å². The molecule has 0 bridgehead atoms. The zero-order valence-electron chi connectivity index (χ0n) is 13.4. The number of carbonyl (C=O) groups is 1. The lowest BCUT2D eigenvalue weighted by Crippen LogP contribution is -2.49. The Morgan fingerprint density at radius 2 is 2.04 bits per heavy atom. The average Bonchev–Trinajstić information content (AvgIpc) is 2.93. The summed E-state index contributed by atoms with van der Waals surface area (Å²) in [4.78, 5) is 22.0. The van der Waals surface area contributed by atoms with Crippen LogP contribution in [0.25, 0.3) is 0 Å². The highest BCUT2D eigenvalue weighted by Crippen LogP contribution is 2.35. The standard InChI is InChI=1S/C13H20N6O4S.ClH/c14-24(22,23)17-6-13(7-20)1-3-19(4-2-13)12-9-5-10(21)18-11(9)15-8-16-12;/h8,17,20H,1-7H2,(H2,14,22,23)(H,15,16,18,21);1H. The lowest BCUT2D eigenvalue weighted by Gasteiger charge is -2.41. The number of aromatic nitrogens is 2. The Hall–Kier alpha value is -1.53. The second-order valence-electron chi connectivity index (χ2n) is 6.26. The Balaban J connectivity index is 0.00000225. The molecular formula is C13H21ClN6O4S. The van der Waals surface area contributed by atoms with Crippen LogP contribution in [0.15, 0.2) is 6.33 Å². The fourth-order valence-corrected chi connectivity index (χ4v) is 3.63. The molecule has 0 spiro atoms. The van der Waals surface area contributed by atoms with Gasteiger partial charge in [0.25, 0.3) is 10.2 Å². The quantitative estimate of drug-likeness (QED) is 0.489. The zero-order chi connectivity index (χ0) is 17.4. The van der Waals surface area contributed by atoms with Gasteiger partial charge in [-0.3, -0.25) is 4.79 Å². The Bertz CT molecular complexity index is 751. The molecule has 0 atom stereocenters. The number of nitrogens with two attached hydrogens (primary N) is 1. The molecule has 1 fully saturated rings. The van der Waals surface area contributed by atoms with Crippen LogP contribution in [-0.2, 0) is 21.4 Å². The van der Waals surface area contributed by atoms with E-state index in [2.05, 4.69) is 20.0 Å². The number of hydrogen-bond acceptors (Lipinski definition) is 7. The maximum Gasteiger partial charge on any atom is 0.274 e. The van der Waals surface area contributed by atoms with E-state index in [1.54, 1.807) is 0 Å². The minimum absolute atomic E-state index is 0. The Morgan fingerprint density at radius 1 is 1.36 bits per heavy atom. The lowest BCUT2D eigenvalue weighted by molar-refractivity contribution is -0.115. The number of halogens is 1. The number of nitrogens with one attached hydrogen (secondary N) is 2. The second kappa shape index (κ2) is 7.38. The predicted molar refractivity (Wildman–Crippen MR) is 93.7 cm³/mol. The molecule has 1 aromatic rings. The Morgan fingerprint density at radius 3 is 2.64 bits per heavy atom. The van der Waals surface area contributed by atoms with Gasteiger partial charge in [-0.05, 0) is 12.8 Å². The van der Waals surface area contributed by atoms with Crippen LogP contribution in [0.4, 0.5) is 11.6 Å². The predicted octanol–water partition coefficient (Wildman–Crippen LogP) is -1.23. The number of hydrogen-bond donors (Lipinski definition) is 4. The van der Waals surface area contributed by atoms with Gasteiger partial charge in [0.15, 0.2) is 0 Å². The summed E-state index contributed by atoms with van der Waals surface area (Å²) >= 11 is 0. The van der Waals surface area contributed by atoms with Crippen molar-refractivity contribution in [1.82, 2.24) is 14.7 Å². The smallest absolute Gasteiger partial charge is 0.274 e. The first kappa shape index (κ1) is 19.8. The molecule has 1 amide bonds. The van der Waals surface area contributed by atoms with Crippen LogP contribution in [0, 0.1) is 5.41 Å². The summed E-state index contributed by atoms with van der Waals surface area (Å²) in [5, 5.41) is 17.4. The van der Waals surface area contributed by atoms with E-state index in [1.165, 1.54) is 6.33 Å². The van der Waals surface area contributed by atoms with Gasteiger partial charge in [0, 0.05) is 30.6 Å². The lowest BCUT2D eigenvalue weighted by atomic mass is 9.79. The third-order valence-electron chi connectivity index (χ3n) is 4.63. The van der Waals surface area contributed by atoms with E-state index in [9.17, 15) is 18.3 Å². The normalized spacial score (nSPS) is 19.1. The molecule has 1 aromatic heterocycles. The van der Waals surface area contributed by atoms with E-state index in [1.807, 2.05) is 4.90 Å². The van der Waals surface area contributed by atoms with Crippen molar-refractivity contribution in [2.24, 2.45) is 10.6 Å². The number of anilines is 2. The summed E-state index contributed by atoms with van der Waals surface area (Å²) < 4.78 is 24.5. The van der Waals surface area contributed by atoms with Crippen molar-refractivity contribution in [3.05, 3.63) is 11.9 Å². The fourth-order valence-electron chi connectivity index (χ4n) is 3.12. The van der Waals surface area contributed by atoms with Crippen molar-refractivity contribution in [1.29, 1.82) is 0 Å². The molecule has 2 aliphatic heterocycles. The van der Waals surface area contributed by atoms with Crippen LogP contribution in [-0.4, -0.2) is 55.6 Å². The number of carbonyl (C=O) groups excluding carboxylic acids is 1. The van der Waals surface area contributed by atoms with Crippen molar-refractivity contribution >= 4 is 40.2 Å². The topological polar surface area (TPSA) is 151 Å². The molecule has 0 radical (unpaired) electrons. The third kappa shape index (κ3) is 4.36. The van der Waals surface area contributed by atoms with Crippen molar-refractivity contribution in [3.63, 3.8) is 0 Å². The highest BCUT2D eigenvalue weighted by Gasteiger charge is 2.36. The molecule has 0 aliphatic carbocycles. The van der Waals surface area contributed by atoms with Gasteiger partial charge in [0.05, 0.1) is 13.0 Å². The van der Waals surface area contributed by atoms with Gasteiger partial charge in [-0.15, -0.1) is 12.4 Å². The highest BCUT2D eigenvalue weighted by molar-refractivity contribution is 7.87. The van der Waals surface area contributed by atoms with E-state index < -0.39 is 15.6 Å². The Kier molecular flexibility index (Phi) is 5.84. The third-order valence-corrected chi connectivity index (χ3v) is 5.17. The molecule has 10 nitrogen and oxygen atoms in total. The van der Waals surface area contributed by atoms with E-state index >= 15 is 0 Å². The molecule has 3 rings (SSSR count). The zero-order valence-corrected chi connectivity index (χ0v) is 15.1. The van der Waals surface area contributed by atoms with Crippen LogP contribution in [0.5, 0.6) is 0 Å². The molecule has 5 N–H and O–H groups in total. The van der Waals surface area contributed by atoms with Gasteiger partial charge in [-0.2, -0.15) is 8.42 Å². The summed E-state index contributed by atoms with van der Waals surface area (Å²) in [5.41, 5.74) is 0.231. The molecule has 3 heterocycles. The maximum absolute atomic E-state index is 11.6. The first-order valence-electron chi connectivity index (χ1n) is 7.59. The van der Waals surface area contributed by atoms with E-state index in [4.69, 9.17) is 5.14 Å². The van der Waals surface area contributed by atoms with Crippen molar-refractivity contribution in [2.75, 3.05) is 36.5 Å². The first-order chi connectivity index (χ1) is 11.3. The van der Waals surface area contributed by atoms with Crippen molar-refractivity contribution in [2.45, 2.75) is 19.3 Å². The highest BCUT2D eigenvalue weighted by atomic mass is 35.5. The molecule has 0 aromatic carbocycles. The maximum atomic E-state index is 11.6. The molecular weight excluding hydrogens is 372 g/mol. The number of nitrogens with zero attached hydrogens (tertiary/aromatic N) is 3. The minimum atomic E-state index is -3.79. The van der Waals surface area contributed by atoms with Gasteiger partial charge in [-0.1, -0.05) is 0 Å². The van der Waals surface area contributed by atoms with E-state index in [0.717, 1.165) is 5.56 Å². The number of piperidine rings is 1. The van der Waals surface area contributed by atoms with Gasteiger partial charge >= 0.3 is 0 Å². The number of amides is 1. The number of aliphatic hydroxyl groups is 1. The largest absolute Gasteiger partial charge is 0.396 e. The molecule has 0 saturated carbocycles. The number of rotatable bonds is 5. The van der Waals surface area contributed by atoms with Crippen molar-refractivity contribution in [3.8, 4) is 0 Å². The molecule has 1 saturated heterocycles. The van der Waals surface area contributed by atoms with Crippen LogP contribution in [0.3, 0.4) is 0 Å². The first-order valence-corrected chi connectivity index (χ1v) is 9.13. The second-order valence-corrected chi connectivity index (χ2v) is 7.64. The van der Waals surface area contributed by atoms with Gasteiger partial charge in [0.2, 0.25) is 5.91 Å². The summed E-state index contributed by atoms with van der Waals surface area (Å²) in [5.74, 6) is 1.15. The van der Waals surface area contributed by atoms with Crippen LogP contribution in [0.1, 0.15) is 18.4 Å². The van der Waals surface area contributed by atoms with Gasteiger partial charge in [-0.25, -0.2) is 19.8 Å². The Labute approximate surface area is 151 Å². The summed E-state index contributed by atoms with van der Waals surface area (Å²) in [6.07, 6.45) is 2.81. The number of fused-ring (bicyclic) bond motifs is 1. The monoisotopic (exact) mass is 392 g/mol. The molecule has 2 aliphatic rings. The average molecular weight is 393 g/mol. The summed E-state index contributed by atoms with van der Waals surface area (Å²) in [6, 6.07) is 0. The van der Waals surface area contributed by atoms with E-state index in [0.29, 0.717) is 37.6 Å². The SMILES string of the molecule is Cl.NS(=O)(=O)NCC1(CO)CCN(c2ncnc3c2CC(=O)N3)CC1. The molecule has 140 valence electrons. The van der Waals surface area contributed by atoms with Crippen molar-refractivity contribution < 1.29 is 18.3 Å². The molecule has 25 heavy (non-hydrogen) atoms. The molecule has 12 heteroatoms. The fraction of sp³-hybridized carbons (Fsp3) is 0.615. The van der Waals surface area contributed by atoms with Crippen LogP contribution in [0.2, 0.25) is 0 Å².